The van der Waals surface area contributed by atoms with Gasteiger partial charge in [0.05, 0.1) is 5.56 Å². The van der Waals surface area contributed by atoms with Crippen LogP contribution < -0.4 is 0 Å². The fraction of sp³-hybridized carbons (Fsp3) is 0.417. The Balaban J connectivity index is 2.37. The number of Topliss-reactive ketones (excluding diaryl/α,β-unsaturated/α-hetero) is 1. The standard InChI is InChI=1S/C12H12F2O2/c13-9-5-3-4-8(10(9)14)11(15)12(16)6-1-2-7-12/h3-5,16H,1-2,6-7H2. The van der Waals surface area contributed by atoms with E-state index in [0.717, 1.165) is 18.9 Å². The Morgan fingerprint density at radius 2 is 1.88 bits per heavy atom. The zero-order chi connectivity index (χ0) is 11.8. The van der Waals surface area contributed by atoms with Crippen LogP contribution in [0, 0.1) is 11.6 Å². The molecule has 1 saturated carbocycles. The summed E-state index contributed by atoms with van der Waals surface area (Å²) in [6, 6.07) is 3.42. The zero-order valence-corrected chi connectivity index (χ0v) is 8.67. The van der Waals surface area contributed by atoms with Gasteiger partial charge in [-0.3, -0.25) is 4.79 Å². The second-order valence-electron chi connectivity index (χ2n) is 4.17. The Morgan fingerprint density at radius 1 is 1.25 bits per heavy atom. The van der Waals surface area contributed by atoms with Crippen molar-refractivity contribution in [3.63, 3.8) is 0 Å². The van der Waals surface area contributed by atoms with Crippen LogP contribution in [0.25, 0.3) is 0 Å². The van der Waals surface area contributed by atoms with Crippen LogP contribution in [0.2, 0.25) is 0 Å². The van der Waals surface area contributed by atoms with Gasteiger partial charge in [-0.05, 0) is 37.8 Å². The van der Waals surface area contributed by atoms with Gasteiger partial charge in [-0.1, -0.05) is 6.07 Å². The van der Waals surface area contributed by atoms with E-state index < -0.39 is 23.0 Å². The van der Waals surface area contributed by atoms with Crippen molar-refractivity contribution in [1.29, 1.82) is 0 Å². The van der Waals surface area contributed by atoms with Gasteiger partial charge < -0.3 is 5.11 Å². The van der Waals surface area contributed by atoms with Gasteiger partial charge in [-0.2, -0.15) is 0 Å². The molecule has 0 spiro atoms. The molecule has 0 bridgehead atoms. The minimum absolute atomic E-state index is 0.321. The topological polar surface area (TPSA) is 37.3 Å². The molecule has 1 aliphatic carbocycles. The smallest absolute Gasteiger partial charge is 0.197 e. The van der Waals surface area contributed by atoms with E-state index in [-0.39, 0.29) is 5.56 Å². The summed E-state index contributed by atoms with van der Waals surface area (Å²) in [6.45, 7) is 0. The van der Waals surface area contributed by atoms with Crippen molar-refractivity contribution in [1.82, 2.24) is 0 Å². The first kappa shape index (κ1) is 11.2. The van der Waals surface area contributed by atoms with Gasteiger partial charge in [0, 0.05) is 0 Å². The second kappa shape index (κ2) is 3.94. The van der Waals surface area contributed by atoms with Gasteiger partial charge in [-0.15, -0.1) is 0 Å². The van der Waals surface area contributed by atoms with Crippen LogP contribution in [0.15, 0.2) is 18.2 Å². The van der Waals surface area contributed by atoms with Gasteiger partial charge in [0.25, 0.3) is 0 Å². The number of carbonyl (C=O) groups excluding carboxylic acids is 1. The van der Waals surface area contributed by atoms with Gasteiger partial charge >= 0.3 is 0 Å². The Bertz CT molecular complexity index is 423. The number of rotatable bonds is 2. The number of ketones is 1. The summed E-state index contributed by atoms with van der Waals surface area (Å²) < 4.78 is 26.3. The molecule has 0 amide bonds. The lowest BCUT2D eigenvalue weighted by atomic mass is 9.91. The molecule has 0 unspecified atom stereocenters. The van der Waals surface area contributed by atoms with Crippen LogP contribution in [0.1, 0.15) is 36.0 Å². The first-order valence-electron chi connectivity index (χ1n) is 5.26. The van der Waals surface area contributed by atoms with Crippen LogP contribution in [0.4, 0.5) is 8.78 Å². The molecular weight excluding hydrogens is 214 g/mol. The molecule has 0 atom stereocenters. The first-order chi connectivity index (χ1) is 7.54. The predicted octanol–water partition coefficient (Wildman–Crippen LogP) is 2.45. The number of carbonyl (C=O) groups is 1. The fourth-order valence-corrected chi connectivity index (χ4v) is 2.12. The highest BCUT2D eigenvalue weighted by Gasteiger charge is 2.40. The molecule has 0 radical (unpaired) electrons. The number of hydrogen-bond donors (Lipinski definition) is 1. The summed E-state index contributed by atoms with van der Waals surface area (Å²) in [5.41, 5.74) is -1.86. The lowest BCUT2D eigenvalue weighted by Gasteiger charge is -2.20. The van der Waals surface area contributed by atoms with Crippen LogP contribution in [-0.4, -0.2) is 16.5 Å². The molecule has 16 heavy (non-hydrogen) atoms. The monoisotopic (exact) mass is 226 g/mol. The summed E-state index contributed by atoms with van der Waals surface area (Å²) in [4.78, 5) is 11.9. The van der Waals surface area contributed by atoms with Crippen molar-refractivity contribution in [2.45, 2.75) is 31.3 Å². The SMILES string of the molecule is O=C(c1cccc(F)c1F)C1(O)CCCC1. The normalized spacial score (nSPS) is 18.7. The molecule has 1 aromatic rings. The van der Waals surface area contributed by atoms with E-state index >= 15 is 0 Å². The molecule has 0 saturated heterocycles. The maximum atomic E-state index is 13.4. The van der Waals surface area contributed by atoms with Crippen molar-refractivity contribution in [3.8, 4) is 0 Å². The fourth-order valence-electron chi connectivity index (χ4n) is 2.12. The van der Waals surface area contributed by atoms with Crippen LogP contribution in [-0.2, 0) is 0 Å². The third-order valence-electron chi connectivity index (χ3n) is 3.05. The lowest BCUT2D eigenvalue weighted by molar-refractivity contribution is 0.0348. The van der Waals surface area contributed by atoms with Crippen molar-refractivity contribution in [3.05, 3.63) is 35.4 Å². The maximum absolute atomic E-state index is 13.4. The number of aliphatic hydroxyl groups is 1. The molecule has 1 N–H and O–H groups in total. The Hall–Kier alpha value is -1.29. The van der Waals surface area contributed by atoms with Crippen LogP contribution in [0.3, 0.4) is 0 Å². The average molecular weight is 226 g/mol. The second-order valence-corrected chi connectivity index (χ2v) is 4.17. The summed E-state index contributed by atoms with van der Waals surface area (Å²) in [6.07, 6.45) is 2.11. The minimum Gasteiger partial charge on any atom is -0.382 e. The number of halogens is 2. The van der Waals surface area contributed by atoms with Crippen molar-refractivity contribution < 1.29 is 18.7 Å². The first-order valence-corrected chi connectivity index (χ1v) is 5.26. The van der Waals surface area contributed by atoms with E-state index in [1.165, 1.54) is 12.1 Å². The van der Waals surface area contributed by atoms with Gasteiger partial charge in [0.1, 0.15) is 5.60 Å². The molecule has 0 aromatic heterocycles. The van der Waals surface area contributed by atoms with Gasteiger partial charge in [0.15, 0.2) is 17.4 Å². The Kier molecular flexibility index (Phi) is 2.76. The molecule has 1 aromatic carbocycles. The van der Waals surface area contributed by atoms with E-state index in [1.807, 2.05) is 0 Å². The van der Waals surface area contributed by atoms with E-state index in [4.69, 9.17) is 0 Å². The van der Waals surface area contributed by atoms with E-state index in [1.54, 1.807) is 0 Å². The molecule has 0 heterocycles. The van der Waals surface area contributed by atoms with E-state index in [0.29, 0.717) is 12.8 Å². The molecule has 86 valence electrons. The minimum atomic E-state index is -1.51. The molecule has 1 fully saturated rings. The maximum Gasteiger partial charge on any atom is 0.197 e. The molecule has 4 heteroatoms. The highest BCUT2D eigenvalue weighted by molar-refractivity contribution is 6.02. The molecule has 2 nitrogen and oxygen atoms in total. The zero-order valence-electron chi connectivity index (χ0n) is 8.67. The third kappa shape index (κ3) is 1.73. The quantitative estimate of drug-likeness (QED) is 0.786. The Morgan fingerprint density at radius 3 is 2.50 bits per heavy atom. The van der Waals surface area contributed by atoms with Crippen LogP contribution >= 0.6 is 0 Å². The molecule has 1 aliphatic rings. The van der Waals surface area contributed by atoms with Crippen LogP contribution in [0.5, 0.6) is 0 Å². The third-order valence-corrected chi connectivity index (χ3v) is 3.05. The molecule has 2 rings (SSSR count). The summed E-state index contributed by atoms with van der Waals surface area (Å²) in [5.74, 6) is -2.94. The predicted molar refractivity (Wildman–Crippen MR) is 54.1 cm³/mol. The van der Waals surface area contributed by atoms with Crippen molar-refractivity contribution in [2.24, 2.45) is 0 Å². The molecule has 0 aliphatic heterocycles. The highest BCUT2D eigenvalue weighted by Crippen LogP contribution is 2.33. The lowest BCUT2D eigenvalue weighted by Crippen LogP contribution is -2.36. The van der Waals surface area contributed by atoms with Crippen molar-refractivity contribution in [2.75, 3.05) is 0 Å². The van der Waals surface area contributed by atoms with E-state index in [2.05, 4.69) is 0 Å². The van der Waals surface area contributed by atoms with E-state index in [9.17, 15) is 18.7 Å². The molecular formula is C12H12F2O2. The summed E-state index contributed by atoms with van der Waals surface area (Å²) >= 11 is 0. The average Bonchev–Trinajstić information content (AvgIpc) is 2.70. The largest absolute Gasteiger partial charge is 0.382 e. The highest BCUT2D eigenvalue weighted by atomic mass is 19.2. The summed E-state index contributed by atoms with van der Waals surface area (Å²) in [7, 11) is 0. The van der Waals surface area contributed by atoms with Gasteiger partial charge in [0.2, 0.25) is 0 Å². The summed E-state index contributed by atoms with van der Waals surface area (Å²) in [5, 5.41) is 9.99. The Labute approximate surface area is 91.9 Å². The van der Waals surface area contributed by atoms with Crippen molar-refractivity contribution >= 4 is 5.78 Å². The number of hydrogen-bond acceptors (Lipinski definition) is 2. The van der Waals surface area contributed by atoms with Gasteiger partial charge in [-0.25, -0.2) is 8.78 Å². The number of benzene rings is 1.